The summed E-state index contributed by atoms with van der Waals surface area (Å²) in [5.74, 6) is 0.674. The summed E-state index contributed by atoms with van der Waals surface area (Å²) >= 11 is 0. The molecule has 0 amide bonds. The van der Waals surface area contributed by atoms with Gasteiger partial charge in [-0.3, -0.25) is 0 Å². The Labute approximate surface area is 74.9 Å². The molecule has 1 N–H and O–H groups in total. The molecule has 1 aliphatic rings. The van der Waals surface area contributed by atoms with Gasteiger partial charge in [-0.1, -0.05) is 20.3 Å². The van der Waals surface area contributed by atoms with Gasteiger partial charge >= 0.3 is 0 Å². The summed E-state index contributed by atoms with van der Waals surface area (Å²) in [7, 11) is 0. The maximum atomic E-state index is 9.01. The van der Waals surface area contributed by atoms with Crippen molar-refractivity contribution < 1.29 is 9.84 Å². The number of ether oxygens (including phenoxy) is 1. The van der Waals surface area contributed by atoms with E-state index in [9.17, 15) is 0 Å². The molecule has 0 aromatic rings. The molecule has 1 aliphatic carbocycles. The fraction of sp³-hybridized carbons (Fsp3) is 1.00. The van der Waals surface area contributed by atoms with Crippen LogP contribution in [0.25, 0.3) is 0 Å². The van der Waals surface area contributed by atoms with E-state index >= 15 is 0 Å². The highest BCUT2D eigenvalue weighted by Gasteiger charge is 2.27. The Balaban J connectivity index is 1.95. The Morgan fingerprint density at radius 3 is 2.67 bits per heavy atom. The Morgan fingerprint density at radius 1 is 1.50 bits per heavy atom. The summed E-state index contributed by atoms with van der Waals surface area (Å²) in [5.41, 5.74) is 0. The van der Waals surface area contributed by atoms with Gasteiger partial charge in [0.25, 0.3) is 0 Å². The first kappa shape index (κ1) is 10.0. The zero-order valence-corrected chi connectivity index (χ0v) is 8.12. The normalized spacial score (nSPS) is 31.2. The molecular weight excluding hydrogens is 152 g/mol. The van der Waals surface area contributed by atoms with Crippen LogP contribution < -0.4 is 0 Å². The summed E-state index contributed by atoms with van der Waals surface area (Å²) in [6, 6.07) is 0. The Kier molecular flexibility index (Phi) is 4.02. The third-order valence-electron chi connectivity index (χ3n) is 2.47. The lowest BCUT2D eigenvalue weighted by molar-refractivity contribution is -0.0793. The highest BCUT2D eigenvalue weighted by Crippen LogP contribution is 2.23. The smallest absolute Gasteiger partial charge is 0.0624 e. The van der Waals surface area contributed by atoms with Crippen molar-refractivity contribution in [1.82, 2.24) is 0 Å². The van der Waals surface area contributed by atoms with Crippen LogP contribution in [0.2, 0.25) is 0 Å². The molecule has 1 fully saturated rings. The maximum absolute atomic E-state index is 9.01. The summed E-state index contributed by atoms with van der Waals surface area (Å²) in [6.07, 6.45) is 4.43. The highest BCUT2D eigenvalue weighted by molar-refractivity contribution is 4.79. The lowest BCUT2D eigenvalue weighted by Gasteiger charge is -2.32. The van der Waals surface area contributed by atoms with Crippen molar-refractivity contribution in [1.29, 1.82) is 0 Å². The van der Waals surface area contributed by atoms with E-state index in [1.165, 1.54) is 12.8 Å². The topological polar surface area (TPSA) is 29.5 Å². The van der Waals surface area contributed by atoms with Gasteiger partial charge in [0.15, 0.2) is 0 Å². The van der Waals surface area contributed by atoms with Crippen molar-refractivity contribution in [3.05, 3.63) is 0 Å². The van der Waals surface area contributed by atoms with E-state index in [0.717, 1.165) is 19.4 Å². The molecule has 2 nitrogen and oxygen atoms in total. The predicted molar refractivity (Wildman–Crippen MR) is 49.1 cm³/mol. The van der Waals surface area contributed by atoms with Crippen molar-refractivity contribution >= 4 is 0 Å². The molecule has 2 heteroatoms. The van der Waals surface area contributed by atoms with Crippen LogP contribution in [-0.2, 0) is 4.74 Å². The first-order valence-electron chi connectivity index (χ1n) is 5.02. The number of hydrogen-bond donors (Lipinski definition) is 1. The number of aliphatic hydroxyl groups excluding tert-OH is 1. The second-order valence-corrected chi connectivity index (χ2v) is 3.97. The van der Waals surface area contributed by atoms with Crippen molar-refractivity contribution in [2.45, 2.75) is 51.7 Å². The van der Waals surface area contributed by atoms with Gasteiger partial charge in [0.1, 0.15) is 0 Å². The number of hydrogen-bond acceptors (Lipinski definition) is 2. The van der Waals surface area contributed by atoms with E-state index in [1.54, 1.807) is 0 Å². The average molecular weight is 172 g/mol. The molecule has 1 rings (SSSR count). The van der Waals surface area contributed by atoms with Crippen LogP contribution in [0.3, 0.4) is 0 Å². The van der Waals surface area contributed by atoms with Crippen LogP contribution in [0.1, 0.15) is 39.5 Å². The zero-order valence-electron chi connectivity index (χ0n) is 8.12. The molecule has 1 unspecified atom stereocenters. The van der Waals surface area contributed by atoms with Crippen molar-refractivity contribution in [3.63, 3.8) is 0 Å². The van der Waals surface area contributed by atoms with Crippen LogP contribution >= 0.6 is 0 Å². The summed E-state index contributed by atoms with van der Waals surface area (Å²) in [4.78, 5) is 0. The first-order chi connectivity index (χ1) is 5.72. The SMILES string of the molecule is CCCC(C)COC1CC(O)C1. The first-order valence-corrected chi connectivity index (χ1v) is 5.02. The summed E-state index contributed by atoms with van der Waals surface area (Å²) in [6.45, 7) is 5.29. The van der Waals surface area contributed by atoms with Gasteiger partial charge in [0.05, 0.1) is 12.2 Å². The molecule has 1 atom stereocenters. The Bertz CT molecular complexity index is 114. The number of aliphatic hydroxyl groups is 1. The van der Waals surface area contributed by atoms with E-state index < -0.39 is 0 Å². The molecule has 0 aromatic carbocycles. The fourth-order valence-electron chi connectivity index (χ4n) is 1.55. The van der Waals surface area contributed by atoms with E-state index in [2.05, 4.69) is 13.8 Å². The zero-order chi connectivity index (χ0) is 8.97. The van der Waals surface area contributed by atoms with Crippen LogP contribution in [0.4, 0.5) is 0 Å². The molecule has 0 aromatic heterocycles. The van der Waals surface area contributed by atoms with Gasteiger partial charge in [0.2, 0.25) is 0 Å². The lowest BCUT2D eigenvalue weighted by atomic mass is 9.92. The largest absolute Gasteiger partial charge is 0.393 e. The minimum Gasteiger partial charge on any atom is -0.393 e. The van der Waals surface area contributed by atoms with Crippen molar-refractivity contribution in [2.75, 3.05) is 6.61 Å². The molecule has 72 valence electrons. The molecule has 0 saturated heterocycles. The summed E-state index contributed by atoms with van der Waals surface area (Å²) < 4.78 is 5.60. The van der Waals surface area contributed by atoms with Crippen LogP contribution in [-0.4, -0.2) is 23.9 Å². The standard InChI is InChI=1S/C10H20O2/c1-3-4-8(2)7-12-10-5-9(11)6-10/h8-11H,3-7H2,1-2H3. The second kappa shape index (κ2) is 4.83. The van der Waals surface area contributed by atoms with Crippen molar-refractivity contribution in [3.8, 4) is 0 Å². The van der Waals surface area contributed by atoms with Gasteiger partial charge in [-0.05, 0) is 25.2 Å². The maximum Gasteiger partial charge on any atom is 0.0624 e. The van der Waals surface area contributed by atoms with Gasteiger partial charge in [-0.25, -0.2) is 0 Å². The van der Waals surface area contributed by atoms with Crippen LogP contribution in [0, 0.1) is 5.92 Å². The molecule has 1 saturated carbocycles. The van der Waals surface area contributed by atoms with E-state index in [1.807, 2.05) is 0 Å². The van der Waals surface area contributed by atoms with Crippen LogP contribution in [0.5, 0.6) is 0 Å². The second-order valence-electron chi connectivity index (χ2n) is 3.97. The van der Waals surface area contributed by atoms with Gasteiger partial charge in [0, 0.05) is 6.61 Å². The van der Waals surface area contributed by atoms with Crippen molar-refractivity contribution in [2.24, 2.45) is 5.92 Å². The Hall–Kier alpha value is -0.0800. The Morgan fingerprint density at radius 2 is 2.17 bits per heavy atom. The van der Waals surface area contributed by atoms with Gasteiger partial charge < -0.3 is 9.84 Å². The molecule has 0 bridgehead atoms. The minimum atomic E-state index is -0.0866. The predicted octanol–water partition coefficient (Wildman–Crippen LogP) is 1.96. The minimum absolute atomic E-state index is 0.0866. The van der Waals surface area contributed by atoms with E-state index in [0.29, 0.717) is 12.0 Å². The molecule has 0 aliphatic heterocycles. The van der Waals surface area contributed by atoms with Crippen LogP contribution in [0.15, 0.2) is 0 Å². The number of rotatable bonds is 5. The third kappa shape index (κ3) is 3.11. The fourth-order valence-corrected chi connectivity index (χ4v) is 1.55. The molecule has 12 heavy (non-hydrogen) atoms. The molecule has 0 radical (unpaired) electrons. The van der Waals surface area contributed by atoms with E-state index in [4.69, 9.17) is 9.84 Å². The van der Waals surface area contributed by atoms with Gasteiger partial charge in [-0.2, -0.15) is 0 Å². The van der Waals surface area contributed by atoms with E-state index in [-0.39, 0.29) is 6.10 Å². The average Bonchev–Trinajstić information content (AvgIpc) is 1.96. The lowest BCUT2D eigenvalue weighted by Crippen LogP contribution is -2.36. The monoisotopic (exact) mass is 172 g/mol. The quantitative estimate of drug-likeness (QED) is 0.687. The summed E-state index contributed by atoms with van der Waals surface area (Å²) in [5, 5.41) is 9.01. The molecule has 0 heterocycles. The third-order valence-corrected chi connectivity index (χ3v) is 2.47. The van der Waals surface area contributed by atoms with Gasteiger partial charge in [-0.15, -0.1) is 0 Å². The molecule has 0 spiro atoms. The molecular formula is C10H20O2. The highest BCUT2D eigenvalue weighted by atomic mass is 16.5.